The van der Waals surface area contributed by atoms with E-state index in [0.29, 0.717) is 5.92 Å². The first kappa shape index (κ1) is 16.2. The van der Waals surface area contributed by atoms with Gasteiger partial charge in [-0.15, -0.1) is 0 Å². The third kappa shape index (κ3) is 8.02. The molecule has 0 fully saturated rings. The lowest BCUT2D eigenvalue weighted by molar-refractivity contribution is 0.367. The SMILES string of the molecule is C=C(CC)CCCC(C#N)C(C)CCCCC. The molecule has 98 valence electrons. The lowest BCUT2D eigenvalue weighted by atomic mass is 9.86. The minimum absolute atomic E-state index is 0.247. The maximum atomic E-state index is 9.20. The Labute approximate surface area is 108 Å². The summed E-state index contributed by atoms with van der Waals surface area (Å²) in [4.78, 5) is 0. The van der Waals surface area contributed by atoms with Gasteiger partial charge in [0.25, 0.3) is 0 Å². The second-order valence-corrected chi connectivity index (χ2v) is 5.20. The van der Waals surface area contributed by atoms with Crippen LogP contribution in [-0.2, 0) is 0 Å². The summed E-state index contributed by atoms with van der Waals surface area (Å²) in [6.45, 7) is 10.6. The molecule has 0 saturated heterocycles. The molecule has 0 aromatic rings. The Morgan fingerprint density at radius 3 is 2.41 bits per heavy atom. The number of hydrogen-bond donors (Lipinski definition) is 0. The fraction of sp³-hybridized carbons (Fsp3) is 0.812. The van der Waals surface area contributed by atoms with Crippen molar-refractivity contribution in [1.82, 2.24) is 0 Å². The van der Waals surface area contributed by atoms with Crippen LogP contribution in [0.3, 0.4) is 0 Å². The van der Waals surface area contributed by atoms with E-state index in [1.165, 1.54) is 31.3 Å². The van der Waals surface area contributed by atoms with Gasteiger partial charge in [-0.3, -0.25) is 0 Å². The average molecular weight is 235 g/mol. The maximum absolute atomic E-state index is 9.20. The Morgan fingerprint density at radius 2 is 1.88 bits per heavy atom. The van der Waals surface area contributed by atoms with Crippen LogP contribution in [-0.4, -0.2) is 0 Å². The summed E-state index contributed by atoms with van der Waals surface area (Å²) >= 11 is 0. The van der Waals surface area contributed by atoms with Crippen LogP contribution in [0.5, 0.6) is 0 Å². The third-order valence-electron chi connectivity index (χ3n) is 3.66. The Bertz CT molecular complexity index is 236. The van der Waals surface area contributed by atoms with Crippen LogP contribution >= 0.6 is 0 Å². The predicted octanol–water partition coefficient (Wildman–Crippen LogP) is 5.48. The lowest BCUT2D eigenvalue weighted by Gasteiger charge is -2.17. The van der Waals surface area contributed by atoms with Crippen molar-refractivity contribution >= 4 is 0 Å². The number of rotatable bonds is 10. The van der Waals surface area contributed by atoms with Crippen molar-refractivity contribution in [3.05, 3.63) is 12.2 Å². The average Bonchev–Trinajstić information content (AvgIpc) is 2.34. The molecule has 1 heteroatoms. The van der Waals surface area contributed by atoms with Crippen LogP contribution in [0.25, 0.3) is 0 Å². The second-order valence-electron chi connectivity index (χ2n) is 5.20. The molecule has 0 aliphatic rings. The van der Waals surface area contributed by atoms with E-state index < -0.39 is 0 Å². The molecule has 0 rings (SSSR count). The summed E-state index contributed by atoms with van der Waals surface area (Å²) in [5.74, 6) is 0.804. The standard InChI is InChI=1S/C16H29N/c1-5-7-8-11-15(4)16(13-17)12-9-10-14(3)6-2/h15-16H,3,5-12H2,1-2,4H3. The fourth-order valence-corrected chi connectivity index (χ4v) is 2.14. The Morgan fingerprint density at radius 1 is 1.18 bits per heavy atom. The molecule has 1 nitrogen and oxygen atoms in total. The first-order valence-corrected chi connectivity index (χ1v) is 7.21. The van der Waals surface area contributed by atoms with Gasteiger partial charge in [0.15, 0.2) is 0 Å². The van der Waals surface area contributed by atoms with E-state index >= 15 is 0 Å². The van der Waals surface area contributed by atoms with Gasteiger partial charge < -0.3 is 0 Å². The van der Waals surface area contributed by atoms with Gasteiger partial charge in [0, 0.05) is 5.92 Å². The largest absolute Gasteiger partial charge is 0.198 e. The second kappa shape index (κ2) is 10.4. The highest BCUT2D eigenvalue weighted by Gasteiger charge is 2.15. The molecule has 0 heterocycles. The van der Waals surface area contributed by atoms with E-state index in [-0.39, 0.29) is 5.92 Å². The highest BCUT2D eigenvalue weighted by atomic mass is 14.3. The van der Waals surface area contributed by atoms with Crippen molar-refractivity contribution in [3.8, 4) is 6.07 Å². The van der Waals surface area contributed by atoms with Crippen LogP contribution in [0.15, 0.2) is 12.2 Å². The molecule has 0 radical (unpaired) electrons. The van der Waals surface area contributed by atoms with Gasteiger partial charge in [-0.25, -0.2) is 0 Å². The van der Waals surface area contributed by atoms with Crippen molar-refractivity contribution in [2.45, 2.75) is 72.1 Å². The molecule has 17 heavy (non-hydrogen) atoms. The highest BCUT2D eigenvalue weighted by molar-refractivity contribution is 4.93. The minimum Gasteiger partial charge on any atom is -0.198 e. The Kier molecular flexibility index (Phi) is 9.92. The zero-order valence-electron chi connectivity index (χ0n) is 12.0. The van der Waals surface area contributed by atoms with Crippen LogP contribution in [0.4, 0.5) is 0 Å². The van der Waals surface area contributed by atoms with Crippen LogP contribution in [0.2, 0.25) is 0 Å². The summed E-state index contributed by atoms with van der Waals surface area (Å²) in [7, 11) is 0. The molecule has 0 spiro atoms. The Hall–Kier alpha value is -0.770. The van der Waals surface area contributed by atoms with Crippen molar-refractivity contribution < 1.29 is 0 Å². The first-order chi connectivity index (χ1) is 8.15. The molecular weight excluding hydrogens is 206 g/mol. The molecule has 0 aliphatic carbocycles. The van der Waals surface area contributed by atoms with Gasteiger partial charge in [0.1, 0.15) is 0 Å². The zero-order chi connectivity index (χ0) is 13.1. The van der Waals surface area contributed by atoms with Gasteiger partial charge in [0.2, 0.25) is 0 Å². The zero-order valence-corrected chi connectivity index (χ0v) is 12.0. The van der Waals surface area contributed by atoms with Gasteiger partial charge in [0.05, 0.1) is 6.07 Å². The van der Waals surface area contributed by atoms with Crippen LogP contribution < -0.4 is 0 Å². The maximum Gasteiger partial charge on any atom is 0.0658 e. The van der Waals surface area contributed by atoms with Gasteiger partial charge >= 0.3 is 0 Å². The molecular formula is C16H29N. The summed E-state index contributed by atoms with van der Waals surface area (Å²) in [6, 6.07) is 2.49. The summed E-state index contributed by atoms with van der Waals surface area (Å²) in [5, 5.41) is 9.20. The molecule has 0 aliphatic heterocycles. The molecule has 0 saturated carbocycles. The minimum atomic E-state index is 0.247. The number of nitrogens with zero attached hydrogens (tertiary/aromatic N) is 1. The van der Waals surface area contributed by atoms with Crippen LogP contribution in [0.1, 0.15) is 72.1 Å². The smallest absolute Gasteiger partial charge is 0.0658 e. The van der Waals surface area contributed by atoms with Gasteiger partial charge in [-0.2, -0.15) is 5.26 Å². The third-order valence-corrected chi connectivity index (χ3v) is 3.66. The first-order valence-electron chi connectivity index (χ1n) is 7.21. The molecule has 0 aromatic heterocycles. The lowest BCUT2D eigenvalue weighted by Crippen LogP contribution is -2.10. The number of nitriles is 1. The molecule has 0 bridgehead atoms. The van der Waals surface area contributed by atoms with Gasteiger partial charge in [-0.05, 0) is 38.0 Å². The molecule has 0 N–H and O–H groups in total. The number of unbranched alkanes of at least 4 members (excludes halogenated alkanes) is 2. The fourth-order valence-electron chi connectivity index (χ4n) is 2.14. The molecule has 2 atom stereocenters. The molecule has 0 aromatic carbocycles. The van der Waals surface area contributed by atoms with Crippen molar-refractivity contribution in [2.24, 2.45) is 11.8 Å². The number of hydrogen-bond acceptors (Lipinski definition) is 1. The van der Waals surface area contributed by atoms with E-state index in [4.69, 9.17) is 0 Å². The summed E-state index contributed by atoms with van der Waals surface area (Å²) in [5.41, 5.74) is 1.32. The normalized spacial score (nSPS) is 14.0. The number of allylic oxidation sites excluding steroid dienone is 1. The highest BCUT2D eigenvalue weighted by Crippen LogP contribution is 2.24. The summed E-state index contributed by atoms with van der Waals surface area (Å²) < 4.78 is 0. The van der Waals surface area contributed by atoms with E-state index in [1.807, 2.05) is 0 Å². The topological polar surface area (TPSA) is 23.8 Å². The predicted molar refractivity (Wildman–Crippen MR) is 75.7 cm³/mol. The summed E-state index contributed by atoms with van der Waals surface area (Å²) in [6.07, 6.45) is 9.39. The van der Waals surface area contributed by atoms with E-state index in [0.717, 1.165) is 25.7 Å². The quantitative estimate of drug-likeness (QED) is 0.363. The van der Waals surface area contributed by atoms with Crippen LogP contribution in [0, 0.1) is 23.2 Å². The van der Waals surface area contributed by atoms with E-state index in [2.05, 4.69) is 33.4 Å². The van der Waals surface area contributed by atoms with Gasteiger partial charge in [-0.1, -0.05) is 52.2 Å². The molecule has 2 unspecified atom stereocenters. The van der Waals surface area contributed by atoms with Crippen molar-refractivity contribution in [2.75, 3.05) is 0 Å². The van der Waals surface area contributed by atoms with Crippen molar-refractivity contribution in [3.63, 3.8) is 0 Å². The van der Waals surface area contributed by atoms with E-state index in [1.54, 1.807) is 0 Å². The monoisotopic (exact) mass is 235 g/mol. The Balaban J connectivity index is 3.82. The molecule has 0 amide bonds. The van der Waals surface area contributed by atoms with Crippen molar-refractivity contribution in [1.29, 1.82) is 5.26 Å². The van der Waals surface area contributed by atoms with E-state index in [9.17, 15) is 5.26 Å².